The van der Waals surface area contributed by atoms with Crippen molar-refractivity contribution in [2.24, 2.45) is 5.16 Å². The molecule has 4 heterocycles. The van der Waals surface area contributed by atoms with Crippen LogP contribution in [0.4, 0.5) is 13.6 Å². The highest BCUT2D eigenvalue weighted by atomic mass is 31.2. The molecule has 0 unspecified atom stereocenters. The molecule has 19 heteroatoms. The first-order valence-corrected chi connectivity index (χ1v) is 21.8. The number of rotatable bonds is 16. The summed E-state index contributed by atoms with van der Waals surface area (Å²) in [6.07, 6.45) is -0.784. The zero-order chi connectivity index (χ0) is 44.9. The second kappa shape index (κ2) is 19.2. The van der Waals surface area contributed by atoms with Crippen molar-refractivity contribution in [3.63, 3.8) is 0 Å². The van der Waals surface area contributed by atoms with E-state index in [1.165, 1.54) is 24.6 Å². The molecular formula is C44H47F2N4O12P. The average Bonchev–Trinajstić information content (AvgIpc) is 3.60. The predicted molar refractivity (Wildman–Crippen MR) is 222 cm³/mol. The number of nitrogens with one attached hydrogen (secondary N) is 1. The highest BCUT2D eigenvalue weighted by molar-refractivity contribution is 7.48. The molecule has 0 radical (unpaired) electrons. The first-order chi connectivity index (χ1) is 30.1. The molecule has 1 spiro atoms. The molecule has 1 aromatic heterocycles. The van der Waals surface area contributed by atoms with Gasteiger partial charge in [-0.15, -0.1) is 0 Å². The number of phosphoric ester groups is 1. The van der Waals surface area contributed by atoms with Gasteiger partial charge in [0, 0.05) is 43.4 Å². The molecule has 0 saturated carbocycles. The number of phosphoric acid groups is 1. The van der Waals surface area contributed by atoms with Gasteiger partial charge < -0.3 is 33.8 Å². The summed E-state index contributed by atoms with van der Waals surface area (Å²) in [6, 6.07) is 19.8. The van der Waals surface area contributed by atoms with E-state index in [9.17, 15) is 32.5 Å². The van der Waals surface area contributed by atoms with E-state index < -0.39 is 91.4 Å². The second-order valence-corrected chi connectivity index (χ2v) is 17.3. The van der Waals surface area contributed by atoms with Crippen LogP contribution in [0, 0.1) is 11.6 Å². The smallest absolute Gasteiger partial charge is 0.451 e. The number of oxime groups is 1. The van der Waals surface area contributed by atoms with Crippen LogP contribution in [0.25, 0.3) is 0 Å². The number of hydrogen-bond donors (Lipinski definition) is 1. The molecule has 63 heavy (non-hydrogen) atoms. The van der Waals surface area contributed by atoms with E-state index in [1.807, 2.05) is 26.0 Å². The summed E-state index contributed by atoms with van der Waals surface area (Å²) in [5.41, 5.74) is -0.573. The summed E-state index contributed by atoms with van der Waals surface area (Å²) < 4.78 is 76.9. The quantitative estimate of drug-likeness (QED) is 0.0662. The maximum Gasteiger partial charge on any atom is 0.511 e. The van der Waals surface area contributed by atoms with Gasteiger partial charge in [-0.3, -0.25) is 28.0 Å². The van der Waals surface area contributed by atoms with Gasteiger partial charge in [-0.2, -0.15) is 0 Å². The van der Waals surface area contributed by atoms with E-state index in [0.29, 0.717) is 36.5 Å². The molecule has 4 aromatic rings. The molecule has 1 N–H and O–H groups in total. The molecule has 7 rings (SSSR count). The molecule has 2 bridgehead atoms. The maximum absolute atomic E-state index is 14.5. The van der Waals surface area contributed by atoms with Crippen LogP contribution in [0.1, 0.15) is 90.5 Å². The van der Waals surface area contributed by atoms with Crippen LogP contribution >= 0.6 is 7.82 Å². The number of fused-ring (bicyclic) bond motifs is 5. The lowest BCUT2D eigenvalue weighted by molar-refractivity contribution is -0.0660. The van der Waals surface area contributed by atoms with Gasteiger partial charge in [0.25, 0.3) is 11.8 Å². The predicted octanol–water partition coefficient (Wildman–Crippen LogP) is 7.60. The molecule has 334 valence electrons. The third-order valence-electron chi connectivity index (χ3n) is 11.2. The monoisotopic (exact) mass is 892 g/mol. The molecule has 1 fully saturated rings. The number of aromatic nitrogens is 1. The standard InChI is InChI=1S/C44H47F2N4O12P/c1-27-20-44(62-48-27)18-17-28(2)49-23-37(44)50-22-35(41(52)47-21-33-15-16-34(45)19-36(33)46)39(51)40(38(50)42(49)53)56-26-57-43(54)60-29(3)30(4)61-63(55,58-24-31-11-7-5-8-12-31)59-25-32-13-9-6-10-14-32/h5-16,19,22,28-30,37H,17-18,20-21,23-26H2,1-4H3,(H,47,52)/t28-,29-,30-,37+,44-/m0/s1. The van der Waals surface area contributed by atoms with Gasteiger partial charge in [0.15, 0.2) is 11.3 Å². The highest BCUT2D eigenvalue weighted by Crippen LogP contribution is 2.52. The Bertz CT molecular complexity index is 2430. The van der Waals surface area contributed by atoms with E-state index in [0.717, 1.165) is 17.8 Å². The lowest BCUT2D eigenvalue weighted by atomic mass is 9.84. The van der Waals surface area contributed by atoms with Gasteiger partial charge >= 0.3 is 14.0 Å². The number of pyridine rings is 1. The summed E-state index contributed by atoms with van der Waals surface area (Å²) >= 11 is 0. The van der Waals surface area contributed by atoms with Crippen LogP contribution in [0.2, 0.25) is 0 Å². The Morgan fingerprint density at radius 1 is 0.984 bits per heavy atom. The van der Waals surface area contributed by atoms with Crippen molar-refractivity contribution in [1.29, 1.82) is 0 Å². The normalized spacial score (nSPS) is 20.2. The zero-order valence-electron chi connectivity index (χ0n) is 35.0. The number of ether oxygens (including phenoxy) is 3. The number of carbonyl (C=O) groups excluding carboxylic acids is 3. The summed E-state index contributed by atoms with van der Waals surface area (Å²) in [5.74, 6) is -3.83. The Hall–Kier alpha value is -5.94. The number of nitrogens with zero attached hydrogens (tertiary/aromatic N) is 3. The van der Waals surface area contributed by atoms with Gasteiger partial charge in [0.05, 0.1) is 25.0 Å². The van der Waals surface area contributed by atoms with Crippen molar-refractivity contribution in [2.45, 2.75) is 96.6 Å². The molecular weight excluding hydrogens is 845 g/mol. The van der Waals surface area contributed by atoms with Crippen molar-refractivity contribution in [3.8, 4) is 5.75 Å². The third-order valence-corrected chi connectivity index (χ3v) is 12.7. The van der Waals surface area contributed by atoms with E-state index in [4.69, 9.17) is 32.6 Å². The number of benzene rings is 3. The fraction of sp³-hybridized carbons (Fsp3) is 0.386. The Balaban J connectivity index is 1.08. The molecule has 3 aromatic carbocycles. The Labute approximate surface area is 361 Å². The van der Waals surface area contributed by atoms with Crippen LogP contribution in [0.15, 0.2) is 95.0 Å². The molecule has 16 nitrogen and oxygen atoms in total. The number of carbonyl (C=O) groups is 3. The molecule has 5 atom stereocenters. The maximum atomic E-state index is 14.5. The summed E-state index contributed by atoms with van der Waals surface area (Å²) in [5, 5.41) is 6.70. The van der Waals surface area contributed by atoms with Crippen LogP contribution in [-0.4, -0.2) is 70.3 Å². The number of amides is 2. The SMILES string of the molecule is CC1=NO[C@@]2(CC[C@H](C)N3C[C@H]2n2cc(C(=O)NCc4ccc(F)cc4F)c(=O)c(OCOC(=O)O[C@@H](C)[C@H](C)OP(=O)(OCc4ccccc4)OCc4ccccc4)c2C3=O)C1. The van der Waals surface area contributed by atoms with Gasteiger partial charge in [-0.1, -0.05) is 71.9 Å². The minimum Gasteiger partial charge on any atom is -0.451 e. The lowest BCUT2D eigenvalue weighted by Gasteiger charge is -2.42. The second-order valence-electron chi connectivity index (χ2n) is 15.7. The van der Waals surface area contributed by atoms with Gasteiger partial charge in [-0.25, -0.2) is 18.1 Å². The van der Waals surface area contributed by atoms with Crippen molar-refractivity contribution in [2.75, 3.05) is 13.3 Å². The van der Waals surface area contributed by atoms with Crippen molar-refractivity contribution in [1.82, 2.24) is 14.8 Å². The van der Waals surface area contributed by atoms with E-state index in [1.54, 1.807) is 53.4 Å². The Morgan fingerprint density at radius 2 is 1.65 bits per heavy atom. The largest absolute Gasteiger partial charge is 0.511 e. The fourth-order valence-corrected chi connectivity index (χ4v) is 8.99. The number of halogens is 2. The molecule has 1 saturated heterocycles. The highest BCUT2D eigenvalue weighted by Gasteiger charge is 2.54. The topological polar surface area (TPSA) is 183 Å². The molecule has 0 aliphatic carbocycles. The van der Waals surface area contributed by atoms with E-state index in [-0.39, 0.29) is 37.1 Å². The summed E-state index contributed by atoms with van der Waals surface area (Å²) in [4.78, 5) is 62.8. The molecule has 3 aliphatic rings. The average molecular weight is 893 g/mol. The molecule has 3 aliphatic heterocycles. The van der Waals surface area contributed by atoms with E-state index >= 15 is 0 Å². The van der Waals surface area contributed by atoms with Crippen LogP contribution < -0.4 is 15.5 Å². The van der Waals surface area contributed by atoms with Crippen LogP contribution in [-0.2, 0) is 52.2 Å². The Morgan fingerprint density at radius 3 is 2.27 bits per heavy atom. The fourth-order valence-electron chi connectivity index (χ4n) is 7.60. The first kappa shape index (κ1) is 45.1. The third kappa shape index (κ3) is 10.3. The lowest BCUT2D eigenvalue weighted by Crippen LogP contribution is -2.52. The Kier molecular flexibility index (Phi) is 13.8. The van der Waals surface area contributed by atoms with Gasteiger partial charge in [0.2, 0.25) is 18.0 Å². The minimum absolute atomic E-state index is 0.0445. The van der Waals surface area contributed by atoms with Crippen LogP contribution in [0.3, 0.4) is 0 Å². The summed E-state index contributed by atoms with van der Waals surface area (Å²) in [7, 11) is -4.27. The van der Waals surface area contributed by atoms with Crippen molar-refractivity contribution < 1.29 is 60.3 Å². The number of hydrogen-bond acceptors (Lipinski definition) is 13. The van der Waals surface area contributed by atoms with E-state index in [2.05, 4.69) is 10.5 Å². The first-order valence-electron chi connectivity index (χ1n) is 20.3. The minimum atomic E-state index is -4.27. The van der Waals surface area contributed by atoms with Gasteiger partial charge in [-0.05, 0) is 57.7 Å². The van der Waals surface area contributed by atoms with Crippen molar-refractivity contribution >= 4 is 31.5 Å². The zero-order valence-corrected chi connectivity index (χ0v) is 35.9. The van der Waals surface area contributed by atoms with Gasteiger partial charge in [0.1, 0.15) is 29.4 Å². The van der Waals surface area contributed by atoms with Crippen LogP contribution in [0.5, 0.6) is 5.75 Å². The molecule has 2 amide bonds. The van der Waals surface area contributed by atoms with Crippen molar-refractivity contribution in [3.05, 3.63) is 135 Å². The summed E-state index contributed by atoms with van der Waals surface area (Å²) in [6.45, 7) is 5.22.